The van der Waals surface area contributed by atoms with Gasteiger partial charge in [-0.25, -0.2) is 0 Å². The van der Waals surface area contributed by atoms with E-state index in [2.05, 4.69) is 31.1 Å². The quantitative estimate of drug-likeness (QED) is 0.639. The van der Waals surface area contributed by atoms with E-state index in [0.717, 1.165) is 13.1 Å². The number of rotatable bonds is 10. The number of aliphatic hydroxyl groups is 1. The number of para-hydroxylation sites is 2. The second-order valence-electron chi connectivity index (χ2n) is 5.39. The Balaban J connectivity index is 2.21. The van der Waals surface area contributed by atoms with Gasteiger partial charge in [0.05, 0.1) is 7.11 Å². The Morgan fingerprint density at radius 1 is 1.24 bits per heavy atom. The maximum absolute atomic E-state index is 9.91. The average Bonchev–Trinajstić information content (AvgIpc) is 2.49. The lowest BCUT2D eigenvalue weighted by molar-refractivity contribution is 0.104. The average molecular weight is 296 g/mol. The van der Waals surface area contributed by atoms with E-state index in [1.807, 2.05) is 24.3 Å². The molecule has 2 N–H and O–H groups in total. The molecular weight excluding hydrogens is 268 g/mol. The normalized spacial score (nSPS) is 12.7. The Labute approximate surface area is 127 Å². The Morgan fingerprint density at radius 3 is 2.52 bits per heavy atom. The molecule has 5 heteroatoms. The van der Waals surface area contributed by atoms with Crippen LogP contribution in [0.1, 0.15) is 13.8 Å². The summed E-state index contributed by atoms with van der Waals surface area (Å²) in [6, 6.07) is 7.96. The summed E-state index contributed by atoms with van der Waals surface area (Å²) in [5, 5.41) is 13.1. The Kier molecular flexibility index (Phi) is 8.12. The molecule has 0 spiro atoms. The molecule has 0 bridgehead atoms. The van der Waals surface area contributed by atoms with Crippen molar-refractivity contribution < 1.29 is 14.6 Å². The van der Waals surface area contributed by atoms with E-state index in [0.29, 0.717) is 24.1 Å². The second-order valence-corrected chi connectivity index (χ2v) is 5.39. The van der Waals surface area contributed by atoms with Crippen molar-refractivity contribution in [3.63, 3.8) is 0 Å². The highest BCUT2D eigenvalue weighted by Crippen LogP contribution is 2.25. The molecule has 5 nitrogen and oxygen atoms in total. The van der Waals surface area contributed by atoms with E-state index in [9.17, 15) is 5.11 Å². The molecule has 0 aliphatic heterocycles. The highest BCUT2D eigenvalue weighted by Gasteiger charge is 2.08. The molecule has 0 amide bonds. The van der Waals surface area contributed by atoms with E-state index in [4.69, 9.17) is 9.47 Å². The number of hydrogen-bond donors (Lipinski definition) is 2. The van der Waals surface area contributed by atoms with Crippen LogP contribution in [0, 0.1) is 0 Å². The van der Waals surface area contributed by atoms with Gasteiger partial charge in [-0.2, -0.15) is 0 Å². The predicted octanol–water partition coefficient (Wildman–Crippen LogP) is 1.36. The smallest absolute Gasteiger partial charge is 0.161 e. The Morgan fingerprint density at radius 2 is 1.90 bits per heavy atom. The summed E-state index contributed by atoms with van der Waals surface area (Å²) in [5.74, 6) is 1.33. The molecule has 1 unspecified atom stereocenters. The van der Waals surface area contributed by atoms with Gasteiger partial charge < -0.3 is 24.8 Å². The molecule has 0 fully saturated rings. The molecular formula is C16H28N2O3. The van der Waals surface area contributed by atoms with E-state index in [-0.39, 0.29) is 6.61 Å². The number of nitrogens with zero attached hydrogens (tertiary/aromatic N) is 1. The molecule has 0 saturated heterocycles. The fourth-order valence-corrected chi connectivity index (χ4v) is 1.77. The van der Waals surface area contributed by atoms with Crippen LogP contribution < -0.4 is 14.8 Å². The van der Waals surface area contributed by atoms with E-state index < -0.39 is 6.10 Å². The van der Waals surface area contributed by atoms with Crippen LogP contribution in [0.15, 0.2) is 24.3 Å². The van der Waals surface area contributed by atoms with Crippen LogP contribution in [-0.4, -0.2) is 62.6 Å². The second kappa shape index (κ2) is 9.60. The maximum atomic E-state index is 9.91. The van der Waals surface area contributed by atoms with Crippen molar-refractivity contribution in [3.8, 4) is 11.5 Å². The number of likely N-dealkylation sites (N-methyl/N-ethyl adjacent to an activating group) is 1. The molecule has 1 atom stereocenters. The van der Waals surface area contributed by atoms with E-state index >= 15 is 0 Å². The summed E-state index contributed by atoms with van der Waals surface area (Å²) in [7, 11) is 3.69. The first kappa shape index (κ1) is 17.8. The van der Waals surface area contributed by atoms with E-state index in [1.165, 1.54) is 0 Å². The summed E-state index contributed by atoms with van der Waals surface area (Å²) in [6.07, 6.45) is -0.542. The van der Waals surface area contributed by atoms with Crippen LogP contribution in [0.4, 0.5) is 0 Å². The molecule has 0 aliphatic rings. The zero-order chi connectivity index (χ0) is 15.7. The highest BCUT2D eigenvalue weighted by molar-refractivity contribution is 5.39. The van der Waals surface area contributed by atoms with Gasteiger partial charge in [-0.15, -0.1) is 0 Å². The molecule has 0 saturated carbocycles. The largest absolute Gasteiger partial charge is 0.493 e. The first-order valence-electron chi connectivity index (χ1n) is 7.39. The summed E-state index contributed by atoms with van der Waals surface area (Å²) in [5.41, 5.74) is 0. The minimum atomic E-state index is -0.542. The molecule has 0 radical (unpaired) electrons. The van der Waals surface area contributed by atoms with Crippen molar-refractivity contribution in [1.82, 2.24) is 10.2 Å². The standard InChI is InChI=1S/C16H28N2O3/c1-13(2)18(3)10-9-17-11-14(19)12-21-16-8-6-5-7-15(16)20-4/h5-8,13-14,17,19H,9-12H2,1-4H3. The molecule has 0 aliphatic carbocycles. The summed E-state index contributed by atoms with van der Waals surface area (Å²) in [6.45, 7) is 6.89. The van der Waals surface area contributed by atoms with Gasteiger partial charge in [0.2, 0.25) is 0 Å². The Bertz CT molecular complexity index is 399. The van der Waals surface area contributed by atoms with Crippen LogP contribution in [0.2, 0.25) is 0 Å². The van der Waals surface area contributed by atoms with Crippen LogP contribution in [0.5, 0.6) is 11.5 Å². The number of hydrogen-bond acceptors (Lipinski definition) is 5. The van der Waals surface area contributed by atoms with Gasteiger partial charge in [-0.3, -0.25) is 0 Å². The minimum Gasteiger partial charge on any atom is -0.493 e. The molecule has 21 heavy (non-hydrogen) atoms. The van der Waals surface area contributed by atoms with Crippen molar-refractivity contribution in [1.29, 1.82) is 0 Å². The zero-order valence-corrected chi connectivity index (χ0v) is 13.5. The van der Waals surface area contributed by atoms with Gasteiger partial charge in [0.1, 0.15) is 12.7 Å². The number of methoxy groups -OCH3 is 1. The van der Waals surface area contributed by atoms with Gasteiger partial charge in [0, 0.05) is 25.7 Å². The third-order valence-corrected chi connectivity index (χ3v) is 3.40. The van der Waals surface area contributed by atoms with Gasteiger partial charge in [0.15, 0.2) is 11.5 Å². The van der Waals surface area contributed by atoms with Crippen LogP contribution in [0.3, 0.4) is 0 Å². The SMILES string of the molecule is COc1ccccc1OCC(O)CNCCN(C)C(C)C. The lowest BCUT2D eigenvalue weighted by Gasteiger charge is -2.21. The molecule has 1 rings (SSSR count). The topological polar surface area (TPSA) is 54.0 Å². The predicted molar refractivity (Wildman–Crippen MR) is 85.1 cm³/mol. The van der Waals surface area contributed by atoms with Gasteiger partial charge in [-0.05, 0) is 33.0 Å². The third-order valence-electron chi connectivity index (χ3n) is 3.40. The fraction of sp³-hybridized carbons (Fsp3) is 0.625. The summed E-state index contributed by atoms with van der Waals surface area (Å²) < 4.78 is 10.8. The molecule has 1 aromatic carbocycles. The van der Waals surface area contributed by atoms with Crippen molar-refractivity contribution in [2.24, 2.45) is 0 Å². The Hall–Kier alpha value is -1.30. The molecule has 0 aromatic heterocycles. The van der Waals surface area contributed by atoms with Gasteiger partial charge in [0.25, 0.3) is 0 Å². The van der Waals surface area contributed by atoms with Crippen LogP contribution in [-0.2, 0) is 0 Å². The lowest BCUT2D eigenvalue weighted by atomic mass is 10.3. The van der Waals surface area contributed by atoms with Gasteiger partial charge >= 0.3 is 0 Å². The molecule has 0 heterocycles. The minimum absolute atomic E-state index is 0.243. The number of ether oxygens (including phenoxy) is 2. The van der Waals surface area contributed by atoms with E-state index in [1.54, 1.807) is 7.11 Å². The number of benzene rings is 1. The fourth-order valence-electron chi connectivity index (χ4n) is 1.77. The van der Waals surface area contributed by atoms with Crippen molar-refractivity contribution in [2.45, 2.75) is 26.0 Å². The van der Waals surface area contributed by atoms with Gasteiger partial charge in [-0.1, -0.05) is 12.1 Å². The number of nitrogens with one attached hydrogen (secondary N) is 1. The van der Waals surface area contributed by atoms with Crippen LogP contribution >= 0.6 is 0 Å². The molecule has 1 aromatic rings. The first-order chi connectivity index (χ1) is 10.0. The summed E-state index contributed by atoms with van der Waals surface area (Å²) >= 11 is 0. The highest BCUT2D eigenvalue weighted by atomic mass is 16.5. The van der Waals surface area contributed by atoms with Crippen molar-refractivity contribution in [3.05, 3.63) is 24.3 Å². The molecule has 120 valence electrons. The monoisotopic (exact) mass is 296 g/mol. The first-order valence-corrected chi connectivity index (χ1v) is 7.39. The third kappa shape index (κ3) is 6.80. The zero-order valence-electron chi connectivity index (χ0n) is 13.5. The summed E-state index contributed by atoms with van der Waals surface area (Å²) in [4.78, 5) is 2.25. The number of aliphatic hydroxyl groups excluding tert-OH is 1. The lowest BCUT2D eigenvalue weighted by Crippen LogP contribution is -2.38. The van der Waals surface area contributed by atoms with Crippen molar-refractivity contribution >= 4 is 0 Å². The maximum Gasteiger partial charge on any atom is 0.161 e. The van der Waals surface area contributed by atoms with Crippen LogP contribution in [0.25, 0.3) is 0 Å². The van der Waals surface area contributed by atoms with Crippen molar-refractivity contribution in [2.75, 3.05) is 40.4 Å².